The maximum absolute atomic E-state index is 12.4. The van der Waals surface area contributed by atoms with Gasteiger partial charge in [-0.1, -0.05) is 12.1 Å². The van der Waals surface area contributed by atoms with E-state index >= 15 is 0 Å². The zero-order valence-corrected chi connectivity index (χ0v) is 17.1. The second-order valence-corrected chi connectivity index (χ2v) is 7.94. The molecular weight excluding hydrogens is 360 g/mol. The Kier molecular flexibility index (Phi) is 5.95. The average Bonchev–Trinajstić information content (AvgIpc) is 3.44. The number of aryl methyl sites for hydroxylation is 1. The summed E-state index contributed by atoms with van der Waals surface area (Å²) in [7, 11) is 1.72. The molecule has 1 amide bonds. The predicted molar refractivity (Wildman–Crippen MR) is 107 cm³/mol. The van der Waals surface area contributed by atoms with E-state index in [1.807, 2.05) is 50.4 Å². The first-order valence-electron chi connectivity index (χ1n) is 9.13. The Hall–Kier alpha value is -2.21. The zero-order valence-electron chi connectivity index (χ0n) is 16.3. The van der Waals surface area contributed by atoms with Gasteiger partial charge in [0.15, 0.2) is 6.61 Å². The summed E-state index contributed by atoms with van der Waals surface area (Å²) in [6.07, 6.45) is 4.35. The summed E-state index contributed by atoms with van der Waals surface area (Å²) in [5, 5.41) is 0. The number of esters is 1. The molecule has 1 heterocycles. The number of benzene rings is 1. The van der Waals surface area contributed by atoms with Crippen LogP contribution < -0.4 is 0 Å². The van der Waals surface area contributed by atoms with E-state index in [-0.39, 0.29) is 12.5 Å². The van der Waals surface area contributed by atoms with Crippen molar-refractivity contribution in [3.05, 3.63) is 52.8 Å². The van der Waals surface area contributed by atoms with Crippen molar-refractivity contribution in [1.29, 1.82) is 0 Å². The SMILES string of the molecule is CSc1ccc(CN(C)C(=O)COC(=O)c2cc(C)n(C3CC3)c2C)cc1. The van der Waals surface area contributed by atoms with Gasteiger partial charge >= 0.3 is 5.97 Å². The van der Waals surface area contributed by atoms with Gasteiger partial charge in [0.1, 0.15) is 0 Å². The van der Waals surface area contributed by atoms with Crippen molar-refractivity contribution in [1.82, 2.24) is 9.47 Å². The smallest absolute Gasteiger partial charge is 0.340 e. The number of ether oxygens (including phenoxy) is 1. The molecule has 0 N–H and O–H groups in total. The van der Waals surface area contributed by atoms with Crippen LogP contribution in [0.2, 0.25) is 0 Å². The molecule has 1 aromatic carbocycles. The maximum Gasteiger partial charge on any atom is 0.340 e. The third-order valence-corrected chi connectivity index (χ3v) is 5.69. The molecule has 1 aromatic heterocycles. The Morgan fingerprint density at radius 1 is 1.22 bits per heavy atom. The monoisotopic (exact) mass is 386 g/mol. The van der Waals surface area contributed by atoms with E-state index in [4.69, 9.17) is 4.74 Å². The van der Waals surface area contributed by atoms with Crippen molar-refractivity contribution in [3.63, 3.8) is 0 Å². The quantitative estimate of drug-likeness (QED) is 0.534. The van der Waals surface area contributed by atoms with Crippen LogP contribution in [0.15, 0.2) is 35.2 Å². The summed E-state index contributed by atoms with van der Waals surface area (Å²) in [6, 6.07) is 10.5. The maximum atomic E-state index is 12.4. The third kappa shape index (κ3) is 4.56. The fourth-order valence-corrected chi connectivity index (χ4v) is 3.69. The Balaban J connectivity index is 1.55. The van der Waals surface area contributed by atoms with Crippen molar-refractivity contribution in [2.45, 2.75) is 44.2 Å². The van der Waals surface area contributed by atoms with E-state index in [1.165, 1.54) is 4.90 Å². The molecule has 27 heavy (non-hydrogen) atoms. The number of nitrogens with zero attached hydrogens (tertiary/aromatic N) is 2. The fraction of sp³-hybridized carbons (Fsp3) is 0.429. The molecule has 2 aromatic rings. The van der Waals surface area contributed by atoms with Crippen molar-refractivity contribution >= 4 is 23.6 Å². The molecule has 0 atom stereocenters. The number of likely N-dealkylation sites (N-methyl/N-ethyl adjacent to an activating group) is 1. The van der Waals surface area contributed by atoms with Crippen molar-refractivity contribution in [2.75, 3.05) is 19.9 Å². The number of rotatable bonds is 7. The molecule has 0 radical (unpaired) electrons. The third-order valence-electron chi connectivity index (χ3n) is 4.95. The Morgan fingerprint density at radius 2 is 1.89 bits per heavy atom. The van der Waals surface area contributed by atoms with E-state index in [2.05, 4.69) is 4.57 Å². The summed E-state index contributed by atoms with van der Waals surface area (Å²) in [4.78, 5) is 27.5. The van der Waals surface area contributed by atoms with Crippen LogP contribution in [0.3, 0.4) is 0 Å². The summed E-state index contributed by atoms with van der Waals surface area (Å²) >= 11 is 1.68. The van der Waals surface area contributed by atoms with Crippen LogP contribution in [0.25, 0.3) is 0 Å². The van der Waals surface area contributed by atoms with Gasteiger partial charge < -0.3 is 14.2 Å². The zero-order chi connectivity index (χ0) is 19.6. The molecule has 0 saturated heterocycles. The molecule has 1 aliphatic carbocycles. The van der Waals surface area contributed by atoms with Crippen LogP contribution in [-0.2, 0) is 16.1 Å². The van der Waals surface area contributed by atoms with E-state index in [1.54, 1.807) is 23.7 Å². The second-order valence-electron chi connectivity index (χ2n) is 7.06. The first-order chi connectivity index (χ1) is 12.9. The van der Waals surface area contributed by atoms with E-state index in [9.17, 15) is 9.59 Å². The highest BCUT2D eigenvalue weighted by molar-refractivity contribution is 7.98. The second kappa shape index (κ2) is 8.21. The van der Waals surface area contributed by atoms with Gasteiger partial charge in [-0.15, -0.1) is 11.8 Å². The van der Waals surface area contributed by atoms with Crippen LogP contribution in [0, 0.1) is 13.8 Å². The molecule has 6 heteroatoms. The molecule has 0 aliphatic heterocycles. The first-order valence-corrected chi connectivity index (χ1v) is 10.4. The predicted octanol–water partition coefficient (Wildman–Crippen LogP) is 3.98. The molecule has 144 valence electrons. The topological polar surface area (TPSA) is 51.5 Å². The van der Waals surface area contributed by atoms with Gasteiger partial charge in [0.2, 0.25) is 0 Å². The van der Waals surface area contributed by atoms with Crippen LogP contribution in [0.1, 0.15) is 46.2 Å². The molecule has 1 fully saturated rings. The lowest BCUT2D eigenvalue weighted by Gasteiger charge is -2.17. The number of hydrogen-bond donors (Lipinski definition) is 0. The van der Waals surface area contributed by atoms with E-state index < -0.39 is 5.97 Å². The molecule has 0 bridgehead atoms. The fourth-order valence-electron chi connectivity index (χ4n) is 3.29. The van der Waals surface area contributed by atoms with Gasteiger partial charge in [-0.05, 0) is 56.7 Å². The molecule has 1 aliphatic rings. The lowest BCUT2D eigenvalue weighted by molar-refractivity contribution is -0.133. The summed E-state index contributed by atoms with van der Waals surface area (Å²) in [5.41, 5.74) is 3.60. The summed E-state index contributed by atoms with van der Waals surface area (Å²) in [6.45, 7) is 4.18. The van der Waals surface area contributed by atoms with Crippen molar-refractivity contribution < 1.29 is 14.3 Å². The van der Waals surface area contributed by atoms with Gasteiger partial charge in [0.05, 0.1) is 5.56 Å². The molecular formula is C21H26N2O3S. The number of amides is 1. The largest absolute Gasteiger partial charge is 0.452 e. The van der Waals surface area contributed by atoms with Gasteiger partial charge in [0.25, 0.3) is 5.91 Å². The molecule has 1 saturated carbocycles. The number of thioether (sulfide) groups is 1. The number of hydrogen-bond acceptors (Lipinski definition) is 4. The van der Waals surface area contributed by atoms with Crippen molar-refractivity contribution in [2.24, 2.45) is 0 Å². The summed E-state index contributed by atoms with van der Waals surface area (Å²) in [5.74, 6) is -0.644. The average molecular weight is 387 g/mol. The van der Waals surface area contributed by atoms with Gasteiger partial charge in [-0.3, -0.25) is 4.79 Å². The standard InChI is InChI=1S/C21H26N2O3S/c1-14-11-19(15(2)23(14)17-7-8-17)21(25)26-13-20(24)22(3)12-16-5-9-18(27-4)10-6-16/h5-6,9-11,17H,7-8,12-13H2,1-4H3. The number of aromatic nitrogens is 1. The normalized spacial score (nSPS) is 13.5. The highest BCUT2D eigenvalue weighted by Gasteiger charge is 2.29. The van der Waals surface area contributed by atoms with Crippen LogP contribution in [0.4, 0.5) is 0 Å². The Labute approximate surface area is 164 Å². The Bertz CT molecular complexity index is 838. The molecule has 5 nitrogen and oxygen atoms in total. The number of carbonyl (C=O) groups excluding carboxylic acids is 2. The molecule has 0 unspecified atom stereocenters. The van der Waals surface area contributed by atoms with Gasteiger partial charge in [0, 0.05) is 35.9 Å². The highest BCUT2D eigenvalue weighted by Crippen LogP contribution is 2.38. The van der Waals surface area contributed by atoms with Crippen LogP contribution >= 0.6 is 11.8 Å². The molecule has 3 rings (SSSR count). The lowest BCUT2D eigenvalue weighted by atomic mass is 10.2. The van der Waals surface area contributed by atoms with Gasteiger partial charge in [-0.2, -0.15) is 0 Å². The van der Waals surface area contributed by atoms with Gasteiger partial charge in [-0.25, -0.2) is 4.79 Å². The van der Waals surface area contributed by atoms with Crippen molar-refractivity contribution in [3.8, 4) is 0 Å². The lowest BCUT2D eigenvalue weighted by Crippen LogP contribution is -2.30. The first kappa shape index (κ1) is 19.5. The minimum atomic E-state index is -0.430. The minimum absolute atomic E-state index is 0.215. The Morgan fingerprint density at radius 3 is 2.48 bits per heavy atom. The van der Waals surface area contributed by atoms with E-state index in [0.29, 0.717) is 18.2 Å². The highest BCUT2D eigenvalue weighted by atomic mass is 32.2. The van der Waals surface area contributed by atoms with Crippen LogP contribution in [-0.4, -0.2) is 41.3 Å². The minimum Gasteiger partial charge on any atom is -0.452 e. The van der Waals surface area contributed by atoms with Crippen LogP contribution in [0.5, 0.6) is 0 Å². The molecule has 0 spiro atoms. The number of carbonyl (C=O) groups is 2. The van der Waals surface area contributed by atoms with E-state index in [0.717, 1.165) is 29.8 Å². The summed E-state index contributed by atoms with van der Waals surface area (Å²) < 4.78 is 7.48.